The molecule has 0 rings (SSSR count). The molecule has 0 saturated carbocycles. The number of hydrogen-bond acceptors (Lipinski definition) is 2. The van der Waals surface area contributed by atoms with Crippen LogP contribution in [-0.4, -0.2) is 32.3 Å². The van der Waals surface area contributed by atoms with Gasteiger partial charge in [0.25, 0.3) is 0 Å². The van der Waals surface area contributed by atoms with Crippen molar-refractivity contribution in [3.63, 3.8) is 0 Å². The molecule has 0 radical (unpaired) electrons. The molecule has 0 atom stereocenters. The maximum absolute atomic E-state index is 5.62. The molecular weight excluding hydrogens is 317 g/mol. The van der Waals surface area contributed by atoms with Gasteiger partial charge in [-0.15, -0.1) is 30.6 Å². The molecule has 0 saturated heterocycles. The van der Waals surface area contributed by atoms with Crippen LogP contribution in [0.3, 0.4) is 0 Å². The number of nitrogens with one attached hydrogen (secondary N) is 1. The van der Waals surface area contributed by atoms with E-state index in [1.165, 1.54) is 0 Å². The topological polar surface area (TPSA) is 59.6 Å². The van der Waals surface area contributed by atoms with Crippen LogP contribution in [0.25, 0.3) is 0 Å². The molecule has 0 unspecified atom stereocenters. The van der Waals surface area contributed by atoms with Crippen LogP contribution in [0.4, 0.5) is 0 Å². The van der Waals surface area contributed by atoms with E-state index in [1.54, 1.807) is 0 Å². The number of hydrogen-bond donors (Lipinski definition) is 2. The predicted molar refractivity (Wildman–Crippen MR) is 80.4 cm³/mol. The third-order valence-electron chi connectivity index (χ3n) is 1.81. The number of guanidine groups is 1. The van der Waals surface area contributed by atoms with Gasteiger partial charge in [0.05, 0.1) is 13.2 Å². The first-order chi connectivity index (χ1) is 7.31. The number of aliphatic imine (C=N–C) groups is 1. The van der Waals surface area contributed by atoms with E-state index in [2.05, 4.69) is 23.8 Å². The van der Waals surface area contributed by atoms with Gasteiger partial charge in [0.15, 0.2) is 5.96 Å². The lowest BCUT2D eigenvalue weighted by Gasteiger charge is -2.05. The van der Waals surface area contributed by atoms with Gasteiger partial charge in [0, 0.05) is 13.1 Å². The maximum atomic E-state index is 5.62. The Morgan fingerprint density at radius 3 is 2.88 bits per heavy atom. The summed E-state index contributed by atoms with van der Waals surface area (Å²) in [6, 6.07) is 0. The Bertz CT molecular complexity index is 186. The van der Waals surface area contributed by atoms with E-state index < -0.39 is 0 Å². The Balaban J connectivity index is 0. The van der Waals surface area contributed by atoms with Crippen molar-refractivity contribution in [2.45, 2.75) is 26.2 Å². The van der Waals surface area contributed by atoms with Gasteiger partial charge in [-0.2, -0.15) is 0 Å². The fourth-order valence-corrected chi connectivity index (χ4v) is 0.934. The van der Waals surface area contributed by atoms with E-state index in [9.17, 15) is 0 Å². The molecule has 5 heteroatoms. The zero-order chi connectivity index (χ0) is 11.4. The highest BCUT2D eigenvalue weighted by atomic mass is 127. The molecule has 0 bridgehead atoms. The van der Waals surface area contributed by atoms with E-state index in [1.807, 2.05) is 6.08 Å². The minimum atomic E-state index is 0. The van der Waals surface area contributed by atoms with Crippen LogP contribution in [0.2, 0.25) is 0 Å². The van der Waals surface area contributed by atoms with Crippen LogP contribution in [0, 0.1) is 0 Å². The van der Waals surface area contributed by atoms with E-state index in [0.717, 1.165) is 32.4 Å². The summed E-state index contributed by atoms with van der Waals surface area (Å²) in [5.74, 6) is 0.510. The fraction of sp³-hybridized carbons (Fsp3) is 0.727. The zero-order valence-electron chi connectivity index (χ0n) is 10.1. The second-order valence-corrected chi connectivity index (χ2v) is 3.24. The van der Waals surface area contributed by atoms with Gasteiger partial charge < -0.3 is 15.8 Å². The summed E-state index contributed by atoms with van der Waals surface area (Å²) in [6.07, 6.45) is 4.95. The Hall–Kier alpha value is -0.300. The number of ether oxygens (including phenoxy) is 1. The molecule has 0 aromatic heterocycles. The summed E-state index contributed by atoms with van der Waals surface area (Å²) >= 11 is 0. The molecule has 4 nitrogen and oxygen atoms in total. The van der Waals surface area contributed by atoms with Crippen LogP contribution >= 0.6 is 24.0 Å². The molecule has 0 aromatic rings. The van der Waals surface area contributed by atoms with Gasteiger partial charge in [-0.25, -0.2) is 0 Å². The van der Waals surface area contributed by atoms with Gasteiger partial charge in [0.1, 0.15) is 0 Å². The van der Waals surface area contributed by atoms with Crippen molar-refractivity contribution < 1.29 is 4.74 Å². The average molecular weight is 341 g/mol. The van der Waals surface area contributed by atoms with Crippen LogP contribution in [0.5, 0.6) is 0 Å². The maximum Gasteiger partial charge on any atom is 0.188 e. The van der Waals surface area contributed by atoms with Crippen molar-refractivity contribution in [1.82, 2.24) is 5.32 Å². The monoisotopic (exact) mass is 341 g/mol. The van der Waals surface area contributed by atoms with Crippen molar-refractivity contribution in [2.24, 2.45) is 10.7 Å². The lowest BCUT2D eigenvalue weighted by Crippen LogP contribution is -2.34. The number of unbranched alkanes of at least 4 members (excludes halogenated alkanes) is 1. The molecule has 0 heterocycles. The Kier molecular flexibility index (Phi) is 16.6. The predicted octanol–water partition coefficient (Wildman–Crippen LogP) is 1.90. The summed E-state index contributed by atoms with van der Waals surface area (Å²) < 4.78 is 5.31. The van der Waals surface area contributed by atoms with Crippen molar-refractivity contribution in [2.75, 3.05) is 26.3 Å². The largest absolute Gasteiger partial charge is 0.379 e. The first-order valence-corrected chi connectivity index (χ1v) is 5.53. The number of nitrogens with two attached hydrogens (primary N) is 1. The molecule has 0 aliphatic heterocycles. The summed E-state index contributed by atoms with van der Waals surface area (Å²) in [5.41, 5.74) is 5.62. The number of halogens is 1. The van der Waals surface area contributed by atoms with Crippen LogP contribution in [0.15, 0.2) is 17.6 Å². The van der Waals surface area contributed by atoms with E-state index >= 15 is 0 Å². The SMILES string of the molecule is C=CCCOCCNC(N)=NCCCC.I. The average Bonchev–Trinajstić information content (AvgIpc) is 2.23. The van der Waals surface area contributed by atoms with E-state index in [-0.39, 0.29) is 24.0 Å². The first kappa shape index (κ1) is 18.1. The Morgan fingerprint density at radius 1 is 1.50 bits per heavy atom. The minimum absolute atomic E-state index is 0. The fourth-order valence-electron chi connectivity index (χ4n) is 0.934. The summed E-state index contributed by atoms with van der Waals surface area (Å²) in [4.78, 5) is 4.16. The molecule has 96 valence electrons. The summed E-state index contributed by atoms with van der Waals surface area (Å²) in [6.45, 7) is 8.62. The van der Waals surface area contributed by atoms with Crippen LogP contribution in [-0.2, 0) is 4.74 Å². The molecule has 0 spiro atoms. The third kappa shape index (κ3) is 13.7. The lowest BCUT2D eigenvalue weighted by atomic mass is 10.3. The zero-order valence-corrected chi connectivity index (χ0v) is 12.4. The van der Waals surface area contributed by atoms with Crippen molar-refractivity contribution in [3.8, 4) is 0 Å². The summed E-state index contributed by atoms with van der Waals surface area (Å²) in [5, 5.41) is 3.00. The molecule has 0 amide bonds. The minimum Gasteiger partial charge on any atom is -0.379 e. The highest BCUT2D eigenvalue weighted by Gasteiger charge is 1.90. The third-order valence-corrected chi connectivity index (χ3v) is 1.81. The second kappa shape index (κ2) is 14.7. The quantitative estimate of drug-likeness (QED) is 0.221. The molecule has 0 aromatic carbocycles. The standard InChI is InChI=1S/C11H23N3O.HI/c1-3-5-7-13-11(12)14-8-10-15-9-6-4-2;/h4H,2-3,5-10H2,1H3,(H3,12,13,14);1H. The molecule has 16 heavy (non-hydrogen) atoms. The highest BCUT2D eigenvalue weighted by Crippen LogP contribution is 1.86. The smallest absolute Gasteiger partial charge is 0.188 e. The van der Waals surface area contributed by atoms with Gasteiger partial charge >= 0.3 is 0 Å². The van der Waals surface area contributed by atoms with Crippen molar-refractivity contribution in [1.29, 1.82) is 0 Å². The normalized spacial score (nSPS) is 10.7. The first-order valence-electron chi connectivity index (χ1n) is 5.53. The Labute approximate surface area is 116 Å². The number of rotatable bonds is 9. The Morgan fingerprint density at radius 2 is 2.25 bits per heavy atom. The van der Waals surface area contributed by atoms with Crippen molar-refractivity contribution in [3.05, 3.63) is 12.7 Å². The second-order valence-electron chi connectivity index (χ2n) is 3.24. The molecule has 0 aliphatic carbocycles. The molecular formula is C11H24IN3O. The van der Waals surface area contributed by atoms with Gasteiger partial charge in [-0.3, -0.25) is 4.99 Å². The lowest BCUT2D eigenvalue weighted by molar-refractivity contribution is 0.143. The van der Waals surface area contributed by atoms with Gasteiger partial charge in [-0.1, -0.05) is 19.4 Å². The van der Waals surface area contributed by atoms with E-state index in [4.69, 9.17) is 10.5 Å². The van der Waals surface area contributed by atoms with Gasteiger partial charge in [0.2, 0.25) is 0 Å². The number of nitrogens with zero attached hydrogens (tertiary/aromatic N) is 1. The van der Waals surface area contributed by atoms with Crippen LogP contribution < -0.4 is 11.1 Å². The highest BCUT2D eigenvalue weighted by molar-refractivity contribution is 14.0. The van der Waals surface area contributed by atoms with E-state index in [0.29, 0.717) is 19.1 Å². The van der Waals surface area contributed by atoms with Gasteiger partial charge in [-0.05, 0) is 12.8 Å². The van der Waals surface area contributed by atoms with Crippen LogP contribution in [0.1, 0.15) is 26.2 Å². The summed E-state index contributed by atoms with van der Waals surface area (Å²) in [7, 11) is 0. The molecule has 0 fully saturated rings. The molecule has 0 aliphatic rings. The van der Waals surface area contributed by atoms with Crippen molar-refractivity contribution >= 4 is 29.9 Å². The molecule has 3 N–H and O–H groups in total.